The number of ketones is 1. The van der Waals surface area contributed by atoms with E-state index in [2.05, 4.69) is 10.1 Å². The van der Waals surface area contributed by atoms with E-state index in [0.717, 1.165) is 11.1 Å². The maximum absolute atomic E-state index is 12.7. The number of carbonyl (C=O) groups excluding carboxylic acids is 2. The molecule has 3 aromatic heterocycles. The minimum absolute atomic E-state index is 0.0283. The van der Waals surface area contributed by atoms with E-state index in [1.54, 1.807) is 42.3 Å². The summed E-state index contributed by atoms with van der Waals surface area (Å²) in [5, 5.41) is 4.41. The quantitative estimate of drug-likeness (QED) is 0.157. The SMILES string of the molecule is CCOC(=O)C(C(C)C)n1cc(-c2ccn3c(-c4cc(OC)c(C(=O)CCC(F)(F)F)c(OC)c4)cnc3c2)cn1. The Bertz CT molecular complexity index is 1530. The van der Waals surface area contributed by atoms with Crippen molar-refractivity contribution in [3.63, 3.8) is 0 Å². The van der Waals surface area contributed by atoms with Gasteiger partial charge in [-0.2, -0.15) is 18.3 Å². The second-order valence-corrected chi connectivity index (χ2v) is 9.73. The Morgan fingerprint density at radius 3 is 2.27 bits per heavy atom. The van der Waals surface area contributed by atoms with Crippen LogP contribution < -0.4 is 9.47 Å². The van der Waals surface area contributed by atoms with E-state index < -0.39 is 30.8 Å². The zero-order valence-corrected chi connectivity index (χ0v) is 23.4. The Balaban J connectivity index is 1.67. The van der Waals surface area contributed by atoms with Gasteiger partial charge in [-0.15, -0.1) is 0 Å². The van der Waals surface area contributed by atoms with Crippen LogP contribution in [-0.4, -0.2) is 57.9 Å². The number of pyridine rings is 1. The first-order valence-corrected chi connectivity index (χ1v) is 13.0. The van der Waals surface area contributed by atoms with Crippen LogP contribution in [0.3, 0.4) is 0 Å². The normalized spacial score (nSPS) is 12.5. The molecule has 9 nitrogen and oxygen atoms in total. The van der Waals surface area contributed by atoms with Gasteiger partial charge in [-0.3, -0.25) is 13.9 Å². The highest BCUT2D eigenvalue weighted by molar-refractivity contribution is 6.02. The summed E-state index contributed by atoms with van der Waals surface area (Å²) in [6, 6.07) is 6.33. The molecule has 0 aliphatic rings. The summed E-state index contributed by atoms with van der Waals surface area (Å²) >= 11 is 0. The third-order valence-electron chi connectivity index (χ3n) is 6.61. The van der Waals surface area contributed by atoms with E-state index in [0.29, 0.717) is 16.9 Å². The molecule has 0 fully saturated rings. The topological polar surface area (TPSA) is 97.0 Å². The first kappa shape index (κ1) is 29.6. The number of nitrogens with zero attached hydrogens (tertiary/aromatic N) is 4. The number of hydrogen-bond donors (Lipinski definition) is 0. The molecule has 0 spiro atoms. The largest absolute Gasteiger partial charge is 0.496 e. The molecule has 0 N–H and O–H groups in total. The maximum Gasteiger partial charge on any atom is 0.389 e. The zero-order valence-electron chi connectivity index (χ0n) is 23.4. The fourth-order valence-electron chi connectivity index (χ4n) is 4.64. The summed E-state index contributed by atoms with van der Waals surface area (Å²) < 4.78 is 57.6. The summed E-state index contributed by atoms with van der Waals surface area (Å²) in [6.07, 6.45) is 0.503. The molecule has 0 aliphatic carbocycles. The van der Waals surface area contributed by atoms with Crippen molar-refractivity contribution in [3.05, 3.63) is 54.6 Å². The van der Waals surface area contributed by atoms with Crippen LogP contribution in [0.5, 0.6) is 11.5 Å². The summed E-state index contributed by atoms with van der Waals surface area (Å²) in [6.45, 7) is 5.90. The van der Waals surface area contributed by atoms with Crippen LogP contribution in [0.15, 0.2) is 49.1 Å². The smallest absolute Gasteiger partial charge is 0.389 e. The van der Waals surface area contributed by atoms with Crippen molar-refractivity contribution < 1.29 is 37.0 Å². The van der Waals surface area contributed by atoms with Crippen LogP contribution in [0.4, 0.5) is 13.2 Å². The van der Waals surface area contributed by atoms with E-state index in [4.69, 9.17) is 14.2 Å². The van der Waals surface area contributed by atoms with Crippen molar-refractivity contribution in [2.24, 2.45) is 5.92 Å². The molecule has 3 heterocycles. The summed E-state index contributed by atoms with van der Waals surface area (Å²) in [4.78, 5) is 29.7. The van der Waals surface area contributed by atoms with Crippen molar-refractivity contribution in [1.82, 2.24) is 19.2 Å². The molecule has 1 aromatic carbocycles. The van der Waals surface area contributed by atoms with E-state index >= 15 is 0 Å². The average molecular weight is 573 g/mol. The molecule has 0 radical (unpaired) electrons. The standard InChI is InChI=1S/C29H31F3N4O5/c1-6-41-28(38)27(17(2)3)36-16-20(14-34-36)18-8-10-35-21(15-33-25(35)13-18)19-11-23(39-4)26(24(12-19)40-5)22(37)7-9-29(30,31)32/h8,10-17,27H,6-7,9H2,1-5H3. The Kier molecular flexibility index (Phi) is 8.69. The number of hydrogen-bond acceptors (Lipinski definition) is 7. The van der Waals surface area contributed by atoms with Gasteiger partial charge in [-0.1, -0.05) is 13.8 Å². The third kappa shape index (κ3) is 6.36. The summed E-state index contributed by atoms with van der Waals surface area (Å²) in [7, 11) is 2.68. The average Bonchev–Trinajstić information content (AvgIpc) is 3.57. The monoisotopic (exact) mass is 572 g/mol. The van der Waals surface area contributed by atoms with Gasteiger partial charge in [0.1, 0.15) is 22.7 Å². The molecule has 12 heteroatoms. The lowest BCUT2D eigenvalue weighted by Crippen LogP contribution is -2.26. The Morgan fingerprint density at radius 2 is 1.68 bits per heavy atom. The van der Waals surface area contributed by atoms with Crippen molar-refractivity contribution >= 4 is 17.4 Å². The Morgan fingerprint density at radius 1 is 1.00 bits per heavy atom. The highest BCUT2D eigenvalue weighted by Crippen LogP contribution is 2.37. The third-order valence-corrected chi connectivity index (χ3v) is 6.61. The van der Waals surface area contributed by atoms with E-state index in [1.807, 2.05) is 36.6 Å². The molecule has 0 bridgehead atoms. The fourth-order valence-corrected chi connectivity index (χ4v) is 4.64. The number of ether oxygens (including phenoxy) is 3. The lowest BCUT2D eigenvalue weighted by atomic mass is 10.0. The number of benzene rings is 1. The molecular weight excluding hydrogens is 541 g/mol. The second kappa shape index (κ2) is 12.0. The van der Waals surface area contributed by atoms with Crippen LogP contribution in [-0.2, 0) is 9.53 Å². The van der Waals surface area contributed by atoms with Crippen LogP contribution in [0.1, 0.15) is 50.0 Å². The van der Waals surface area contributed by atoms with Gasteiger partial charge >= 0.3 is 12.1 Å². The number of aromatic nitrogens is 4. The molecule has 4 rings (SSSR count). The van der Waals surface area contributed by atoms with E-state index in [1.165, 1.54) is 14.2 Å². The maximum atomic E-state index is 12.7. The Labute approximate surface area is 234 Å². The van der Waals surface area contributed by atoms with Gasteiger partial charge in [-0.25, -0.2) is 9.78 Å². The predicted molar refractivity (Wildman–Crippen MR) is 145 cm³/mol. The second-order valence-electron chi connectivity index (χ2n) is 9.73. The number of halogens is 3. The number of carbonyl (C=O) groups is 2. The molecule has 4 aromatic rings. The number of fused-ring (bicyclic) bond motifs is 1. The molecule has 1 unspecified atom stereocenters. The number of methoxy groups -OCH3 is 2. The van der Waals surface area contributed by atoms with Gasteiger partial charge in [-0.05, 0) is 42.7 Å². The van der Waals surface area contributed by atoms with E-state index in [-0.39, 0.29) is 35.6 Å². The first-order valence-electron chi connectivity index (χ1n) is 13.0. The van der Waals surface area contributed by atoms with Crippen LogP contribution in [0.25, 0.3) is 28.0 Å². The van der Waals surface area contributed by atoms with Gasteiger partial charge in [0.25, 0.3) is 0 Å². The van der Waals surface area contributed by atoms with Crippen LogP contribution in [0, 0.1) is 5.92 Å². The van der Waals surface area contributed by atoms with Crippen molar-refractivity contribution in [2.45, 2.75) is 45.8 Å². The van der Waals surface area contributed by atoms with Crippen molar-refractivity contribution in [1.29, 1.82) is 0 Å². The summed E-state index contributed by atoms with van der Waals surface area (Å²) in [5.41, 5.74) is 3.42. The highest BCUT2D eigenvalue weighted by Gasteiger charge is 2.30. The lowest BCUT2D eigenvalue weighted by molar-refractivity contribution is -0.149. The predicted octanol–water partition coefficient (Wildman–Crippen LogP) is 6.17. The molecule has 0 saturated carbocycles. The molecule has 41 heavy (non-hydrogen) atoms. The number of imidazole rings is 1. The summed E-state index contributed by atoms with van der Waals surface area (Å²) in [5.74, 6) is -0.893. The first-order chi connectivity index (χ1) is 19.5. The molecular formula is C29H31F3N4O5. The number of alkyl halides is 3. The molecule has 218 valence electrons. The van der Waals surface area contributed by atoms with Crippen LogP contribution in [0.2, 0.25) is 0 Å². The zero-order chi connectivity index (χ0) is 29.9. The number of esters is 1. The van der Waals surface area contributed by atoms with Gasteiger partial charge in [0, 0.05) is 29.9 Å². The minimum Gasteiger partial charge on any atom is -0.496 e. The van der Waals surface area contributed by atoms with E-state index in [9.17, 15) is 22.8 Å². The molecule has 0 saturated heterocycles. The van der Waals surface area contributed by atoms with Crippen molar-refractivity contribution in [3.8, 4) is 33.9 Å². The van der Waals surface area contributed by atoms with Gasteiger partial charge in [0.05, 0.1) is 45.3 Å². The van der Waals surface area contributed by atoms with Gasteiger partial charge in [0.15, 0.2) is 11.8 Å². The Hall–Kier alpha value is -4.35. The molecule has 0 amide bonds. The minimum atomic E-state index is -4.46. The van der Waals surface area contributed by atoms with Crippen molar-refractivity contribution in [2.75, 3.05) is 20.8 Å². The fraction of sp³-hybridized carbons (Fsp3) is 0.379. The molecule has 1 atom stereocenters. The molecule has 0 aliphatic heterocycles. The van der Waals surface area contributed by atoms with Gasteiger partial charge in [0.2, 0.25) is 0 Å². The number of Topliss-reactive ketones (excluding diaryl/α,β-unsaturated/α-hetero) is 1. The highest BCUT2D eigenvalue weighted by atomic mass is 19.4. The number of rotatable bonds is 11. The van der Waals surface area contributed by atoms with Crippen LogP contribution >= 0.6 is 0 Å². The lowest BCUT2D eigenvalue weighted by Gasteiger charge is -2.19. The van der Waals surface area contributed by atoms with Gasteiger partial charge < -0.3 is 14.2 Å².